The lowest BCUT2D eigenvalue weighted by molar-refractivity contribution is -0.127. The standard InChI is InChI=1S/C7H14N2O/c1-7(2-4-8)3-5-9-6(7)10/h2-5,8H2,1H3,(H,9,10). The molecule has 1 atom stereocenters. The molecule has 0 spiro atoms. The molecule has 3 N–H and O–H groups in total. The Morgan fingerprint density at radius 2 is 2.50 bits per heavy atom. The van der Waals surface area contributed by atoms with Crippen molar-refractivity contribution in [2.45, 2.75) is 19.8 Å². The van der Waals surface area contributed by atoms with Crippen LogP contribution >= 0.6 is 0 Å². The molecule has 10 heavy (non-hydrogen) atoms. The summed E-state index contributed by atoms with van der Waals surface area (Å²) >= 11 is 0. The number of nitrogens with two attached hydrogens (primary N) is 1. The summed E-state index contributed by atoms with van der Waals surface area (Å²) in [5.74, 6) is 0.165. The van der Waals surface area contributed by atoms with E-state index in [1.807, 2.05) is 6.92 Å². The molecule has 1 aliphatic rings. The van der Waals surface area contributed by atoms with Gasteiger partial charge >= 0.3 is 0 Å². The van der Waals surface area contributed by atoms with Crippen molar-refractivity contribution in [1.29, 1.82) is 0 Å². The Hall–Kier alpha value is -0.570. The van der Waals surface area contributed by atoms with Gasteiger partial charge in [-0.05, 0) is 19.4 Å². The van der Waals surface area contributed by atoms with Crippen LogP contribution in [0.3, 0.4) is 0 Å². The lowest BCUT2D eigenvalue weighted by Crippen LogP contribution is -2.30. The lowest BCUT2D eigenvalue weighted by atomic mass is 9.85. The molecule has 0 bridgehead atoms. The van der Waals surface area contributed by atoms with Crippen molar-refractivity contribution in [3.8, 4) is 0 Å². The zero-order valence-electron chi connectivity index (χ0n) is 6.31. The van der Waals surface area contributed by atoms with Gasteiger partial charge < -0.3 is 11.1 Å². The number of hydrogen-bond donors (Lipinski definition) is 2. The maximum Gasteiger partial charge on any atom is 0.226 e. The number of hydrogen-bond acceptors (Lipinski definition) is 2. The number of rotatable bonds is 2. The van der Waals surface area contributed by atoms with E-state index in [2.05, 4.69) is 5.32 Å². The van der Waals surface area contributed by atoms with Crippen molar-refractivity contribution in [1.82, 2.24) is 5.32 Å². The van der Waals surface area contributed by atoms with Gasteiger partial charge in [-0.3, -0.25) is 4.79 Å². The maximum atomic E-state index is 11.1. The zero-order chi connectivity index (χ0) is 7.61. The molecule has 0 saturated carbocycles. The van der Waals surface area contributed by atoms with Gasteiger partial charge in [0, 0.05) is 12.0 Å². The molecule has 1 fully saturated rings. The Morgan fingerprint density at radius 3 is 2.90 bits per heavy atom. The molecule has 3 nitrogen and oxygen atoms in total. The van der Waals surface area contributed by atoms with Crippen LogP contribution in [-0.2, 0) is 4.79 Å². The van der Waals surface area contributed by atoms with E-state index in [9.17, 15) is 4.79 Å². The quantitative estimate of drug-likeness (QED) is 0.564. The van der Waals surface area contributed by atoms with Crippen molar-refractivity contribution in [3.05, 3.63) is 0 Å². The average molecular weight is 142 g/mol. The van der Waals surface area contributed by atoms with E-state index in [-0.39, 0.29) is 11.3 Å². The van der Waals surface area contributed by atoms with Crippen LogP contribution in [0.5, 0.6) is 0 Å². The first-order valence-corrected chi connectivity index (χ1v) is 3.67. The molecule has 1 saturated heterocycles. The second-order valence-corrected chi connectivity index (χ2v) is 3.11. The molecular weight excluding hydrogens is 128 g/mol. The van der Waals surface area contributed by atoms with E-state index in [0.29, 0.717) is 6.54 Å². The van der Waals surface area contributed by atoms with E-state index < -0.39 is 0 Å². The van der Waals surface area contributed by atoms with Crippen LogP contribution in [0.4, 0.5) is 0 Å². The summed E-state index contributed by atoms with van der Waals surface area (Å²) in [5, 5.41) is 2.80. The van der Waals surface area contributed by atoms with Crippen LogP contribution in [0.1, 0.15) is 19.8 Å². The van der Waals surface area contributed by atoms with Gasteiger partial charge in [0.05, 0.1) is 0 Å². The molecule has 3 heteroatoms. The minimum absolute atomic E-state index is 0.165. The Kier molecular flexibility index (Phi) is 1.94. The van der Waals surface area contributed by atoms with Crippen LogP contribution < -0.4 is 11.1 Å². The van der Waals surface area contributed by atoms with Gasteiger partial charge in [-0.25, -0.2) is 0 Å². The molecule has 1 amide bonds. The zero-order valence-corrected chi connectivity index (χ0v) is 6.31. The van der Waals surface area contributed by atoms with E-state index in [4.69, 9.17) is 5.73 Å². The second kappa shape index (κ2) is 2.58. The van der Waals surface area contributed by atoms with E-state index in [1.54, 1.807) is 0 Å². The van der Waals surface area contributed by atoms with Gasteiger partial charge in [-0.2, -0.15) is 0 Å². The lowest BCUT2D eigenvalue weighted by Gasteiger charge is -2.18. The minimum Gasteiger partial charge on any atom is -0.356 e. The van der Waals surface area contributed by atoms with Gasteiger partial charge in [0.2, 0.25) is 5.91 Å². The molecule has 1 heterocycles. The molecule has 0 radical (unpaired) electrons. The smallest absolute Gasteiger partial charge is 0.226 e. The fraction of sp³-hybridized carbons (Fsp3) is 0.857. The molecule has 0 aliphatic carbocycles. The van der Waals surface area contributed by atoms with E-state index >= 15 is 0 Å². The van der Waals surface area contributed by atoms with Crippen LogP contribution in [0.25, 0.3) is 0 Å². The maximum absolute atomic E-state index is 11.1. The average Bonchev–Trinajstić information content (AvgIpc) is 2.15. The highest BCUT2D eigenvalue weighted by molar-refractivity contribution is 5.84. The van der Waals surface area contributed by atoms with Crippen LogP contribution in [0, 0.1) is 5.41 Å². The summed E-state index contributed by atoms with van der Waals surface area (Å²) in [5.41, 5.74) is 5.20. The molecule has 1 unspecified atom stereocenters. The monoisotopic (exact) mass is 142 g/mol. The van der Waals surface area contributed by atoms with E-state index in [0.717, 1.165) is 19.4 Å². The van der Waals surface area contributed by atoms with Crippen molar-refractivity contribution >= 4 is 5.91 Å². The first kappa shape index (κ1) is 7.54. The molecule has 0 aromatic heterocycles. The number of nitrogens with one attached hydrogen (secondary N) is 1. The van der Waals surface area contributed by atoms with Gasteiger partial charge in [0.1, 0.15) is 0 Å². The largest absolute Gasteiger partial charge is 0.356 e. The summed E-state index contributed by atoms with van der Waals surface area (Å²) in [6.07, 6.45) is 1.74. The predicted octanol–water partition coefficient (Wildman–Crippen LogP) is -0.139. The Balaban J connectivity index is 2.57. The minimum atomic E-state index is -0.172. The van der Waals surface area contributed by atoms with Gasteiger partial charge in [0.25, 0.3) is 0 Å². The molecular formula is C7H14N2O. The van der Waals surface area contributed by atoms with Crippen molar-refractivity contribution < 1.29 is 4.79 Å². The second-order valence-electron chi connectivity index (χ2n) is 3.11. The normalized spacial score (nSPS) is 32.4. The van der Waals surface area contributed by atoms with Crippen molar-refractivity contribution in [3.63, 3.8) is 0 Å². The van der Waals surface area contributed by atoms with Crippen LogP contribution in [0.2, 0.25) is 0 Å². The summed E-state index contributed by atoms with van der Waals surface area (Å²) in [6, 6.07) is 0. The number of carbonyl (C=O) groups is 1. The molecule has 0 aromatic rings. The highest BCUT2D eigenvalue weighted by Crippen LogP contribution is 2.28. The van der Waals surface area contributed by atoms with Gasteiger partial charge in [-0.15, -0.1) is 0 Å². The van der Waals surface area contributed by atoms with E-state index in [1.165, 1.54) is 0 Å². The van der Waals surface area contributed by atoms with Crippen molar-refractivity contribution in [2.24, 2.45) is 11.1 Å². The molecule has 0 aromatic carbocycles. The fourth-order valence-electron chi connectivity index (χ4n) is 1.34. The van der Waals surface area contributed by atoms with Gasteiger partial charge in [-0.1, -0.05) is 6.92 Å². The third-order valence-corrected chi connectivity index (χ3v) is 2.21. The topological polar surface area (TPSA) is 55.1 Å². The Bertz CT molecular complexity index is 147. The summed E-state index contributed by atoms with van der Waals surface area (Å²) in [6.45, 7) is 3.39. The summed E-state index contributed by atoms with van der Waals surface area (Å²) in [4.78, 5) is 11.1. The molecule has 1 aliphatic heterocycles. The highest BCUT2D eigenvalue weighted by atomic mass is 16.2. The third kappa shape index (κ3) is 1.14. The van der Waals surface area contributed by atoms with Crippen molar-refractivity contribution in [2.75, 3.05) is 13.1 Å². The molecule has 1 rings (SSSR count). The summed E-state index contributed by atoms with van der Waals surface area (Å²) < 4.78 is 0. The first-order chi connectivity index (χ1) is 4.69. The Labute approximate surface area is 61.0 Å². The SMILES string of the molecule is CC1(CCN)CCNC1=O. The number of amides is 1. The summed E-state index contributed by atoms with van der Waals surface area (Å²) in [7, 11) is 0. The highest BCUT2D eigenvalue weighted by Gasteiger charge is 2.36. The van der Waals surface area contributed by atoms with Gasteiger partial charge in [0.15, 0.2) is 0 Å². The fourth-order valence-corrected chi connectivity index (χ4v) is 1.34. The predicted molar refractivity (Wildman–Crippen MR) is 39.4 cm³/mol. The molecule has 58 valence electrons. The van der Waals surface area contributed by atoms with Crippen LogP contribution in [-0.4, -0.2) is 19.0 Å². The third-order valence-electron chi connectivity index (χ3n) is 2.21. The van der Waals surface area contributed by atoms with Crippen LogP contribution in [0.15, 0.2) is 0 Å². The Morgan fingerprint density at radius 1 is 1.80 bits per heavy atom. The number of carbonyl (C=O) groups excluding carboxylic acids is 1. The first-order valence-electron chi connectivity index (χ1n) is 3.67.